The smallest absolute Gasteiger partial charge is 0.410 e. The Morgan fingerprint density at radius 1 is 1.23 bits per heavy atom. The van der Waals surface area contributed by atoms with E-state index in [2.05, 4.69) is 0 Å². The highest BCUT2D eigenvalue weighted by atomic mass is 19.3. The van der Waals surface area contributed by atoms with E-state index < -0.39 is 17.6 Å². The van der Waals surface area contributed by atoms with Gasteiger partial charge in [0.15, 0.2) is 0 Å². The number of alkyl halides is 2. The zero-order valence-electron chi connectivity index (χ0n) is 13.6. The van der Waals surface area contributed by atoms with Crippen LogP contribution in [0.3, 0.4) is 0 Å². The van der Waals surface area contributed by atoms with E-state index in [0.717, 1.165) is 0 Å². The lowest BCUT2D eigenvalue weighted by Crippen LogP contribution is -2.38. The van der Waals surface area contributed by atoms with Gasteiger partial charge < -0.3 is 14.7 Å². The molecule has 1 heterocycles. The first kappa shape index (κ1) is 17.4. The van der Waals surface area contributed by atoms with Crippen molar-refractivity contribution >= 4 is 6.09 Å². The van der Waals surface area contributed by atoms with Gasteiger partial charge in [-0.25, -0.2) is 13.6 Å². The molecule has 2 rings (SSSR count). The van der Waals surface area contributed by atoms with Crippen molar-refractivity contribution in [3.8, 4) is 0 Å². The Bertz CT molecular complexity index is 399. The van der Waals surface area contributed by atoms with Gasteiger partial charge in [0.2, 0.25) is 5.92 Å². The summed E-state index contributed by atoms with van der Waals surface area (Å²) in [5, 5.41) is 10.5. The molecule has 0 spiro atoms. The fourth-order valence-electron chi connectivity index (χ4n) is 3.35. The molecule has 22 heavy (non-hydrogen) atoms. The van der Waals surface area contributed by atoms with Crippen molar-refractivity contribution in [1.29, 1.82) is 0 Å². The average Bonchev–Trinajstić information content (AvgIpc) is 2.85. The molecule has 128 valence electrons. The molecule has 0 aromatic heterocycles. The minimum Gasteiger partial charge on any atom is -0.444 e. The third-order valence-electron chi connectivity index (χ3n) is 4.60. The van der Waals surface area contributed by atoms with Gasteiger partial charge in [0.1, 0.15) is 5.60 Å². The molecule has 1 aliphatic heterocycles. The van der Waals surface area contributed by atoms with Gasteiger partial charge in [0, 0.05) is 31.8 Å². The van der Waals surface area contributed by atoms with Crippen LogP contribution < -0.4 is 0 Å². The molecule has 2 aliphatic rings. The minimum absolute atomic E-state index is 0.0377. The van der Waals surface area contributed by atoms with Crippen molar-refractivity contribution in [3.63, 3.8) is 0 Å². The highest BCUT2D eigenvalue weighted by Gasteiger charge is 2.41. The van der Waals surface area contributed by atoms with Gasteiger partial charge in [-0.3, -0.25) is 0 Å². The lowest BCUT2D eigenvalue weighted by atomic mass is 9.79. The standard InChI is InChI=1S/C16H27F2NO3/c1-15(2,3)22-14(21)19-9-6-12(10-19)13(20)11-4-7-16(17,18)8-5-11/h11-13,20H,4-10H2,1-3H3/t12-,13?/m1/s1. The number of aliphatic hydroxyl groups is 1. The fourth-order valence-corrected chi connectivity index (χ4v) is 3.35. The third-order valence-corrected chi connectivity index (χ3v) is 4.60. The molecule has 1 unspecified atom stereocenters. The third kappa shape index (κ3) is 4.54. The Balaban J connectivity index is 1.84. The van der Waals surface area contributed by atoms with Crippen LogP contribution in [0.2, 0.25) is 0 Å². The van der Waals surface area contributed by atoms with Crippen LogP contribution in [0, 0.1) is 11.8 Å². The van der Waals surface area contributed by atoms with E-state index in [1.54, 1.807) is 4.90 Å². The second kappa shape index (κ2) is 6.30. The summed E-state index contributed by atoms with van der Waals surface area (Å²) >= 11 is 0. The zero-order valence-corrected chi connectivity index (χ0v) is 13.6. The summed E-state index contributed by atoms with van der Waals surface area (Å²) in [4.78, 5) is 13.6. The average molecular weight is 319 g/mol. The van der Waals surface area contributed by atoms with E-state index in [9.17, 15) is 18.7 Å². The number of rotatable bonds is 2. The van der Waals surface area contributed by atoms with Gasteiger partial charge in [0.25, 0.3) is 0 Å². The molecule has 1 N–H and O–H groups in total. The van der Waals surface area contributed by atoms with E-state index in [0.29, 0.717) is 32.4 Å². The SMILES string of the molecule is CC(C)(C)OC(=O)N1CC[C@@H](C(O)C2CCC(F)(F)CC2)C1. The minimum atomic E-state index is -2.57. The topological polar surface area (TPSA) is 49.8 Å². The van der Waals surface area contributed by atoms with Crippen LogP contribution in [-0.4, -0.2) is 46.8 Å². The highest BCUT2D eigenvalue weighted by Crippen LogP contribution is 2.40. The van der Waals surface area contributed by atoms with Gasteiger partial charge >= 0.3 is 6.09 Å². The van der Waals surface area contributed by atoms with Crippen LogP contribution >= 0.6 is 0 Å². The Hall–Kier alpha value is -0.910. The molecule has 0 aromatic rings. The van der Waals surface area contributed by atoms with Crippen LogP contribution in [0.25, 0.3) is 0 Å². The quantitative estimate of drug-likeness (QED) is 0.848. The van der Waals surface area contributed by atoms with E-state index in [1.165, 1.54) is 0 Å². The summed E-state index contributed by atoms with van der Waals surface area (Å²) in [5.74, 6) is -2.69. The summed E-state index contributed by atoms with van der Waals surface area (Å²) in [6.45, 7) is 6.45. The lowest BCUT2D eigenvalue weighted by molar-refractivity contribution is -0.0695. The van der Waals surface area contributed by atoms with Gasteiger partial charge in [0.05, 0.1) is 6.10 Å². The Kier molecular flexibility index (Phi) is 5.00. The monoisotopic (exact) mass is 319 g/mol. The van der Waals surface area contributed by atoms with Crippen molar-refractivity contribution < 1.29 is 23.4 Å². The largest absolute Gasteiger partial charge is 0.444 e. The number of hydrogen-bond donors (Lipinski definition) is 1. The van der Waals surface area contributed by atoms with Crippen molar-refractivity contribution in [2.75, 3.05) is 13.1 Å². The molecule has 1 saturated carbocycles. The predicted molar refractivity (Wildman–Crippen MR) is 78.8 cm³/mol. The molecule has 6 heteroatoms. The molecule has 0 bridgehead atoms. The molecular formula is C16H27F2NO3. The van der Waals surface area contributed by atoms with Crippen molar-refractivity contribution in [2.45, 2.75) is 70.5 Å². The number of likely N-dealkylation sites (tertiary alicyclic amines) is 1. The maximum Gasteiger partial charge on any atom is 0.410 e. The molecule has 1 aliphatic carbocycles. The normalized spacial score (nSPS) is 27.7. The molecule has 0 radical (unpaired) electrons. The number of nitrogens with zero attached hydrogens (tertiary/aromatic N) is 1. The van der Waals surface area contributed by atoms with Gasteiger partial charge in [-0.2, -0.15) is 0 Å². The van der Waals surface area contributed by atoms with Gasteiger partial charge in [-0.15, -0.1) is 0 Å². The number of hydrogen-bond acceptors (Lipinski definition) is 3. The van der Waals surface area contributed by atoms with Crippen LogP contribution in [0.5, 0.6) is 0 Å². The molecule has 2 fully saturated rings. The van der Waals surface area contributed by atoms with Crippen LogP contribution in [0.1, 0.15) is 52.9 Å². The Morgan fingerprint density at radius 2 is 1.82 bits per heavy atom. The summed E-state index contributed by atoms with van der Waals surface area (Å²) in [6, 6.07) is 0. The van der Waals surface area contributed by atoms with Gasteiger partial charge in [-0.1, -0.05) is 0 Å². The summed E-state index contributed by atoms with van der Waals surface area (Å²) < 4.78 is 31.7. The van der Waals surface area contributed by atoms with Crippen LogP contribution in [0.4, 0.5) is 13.6 Å². The highest BCUT2D eigenvalue weighted by molar-refractivity contribution is 5.68. The van der Waals surface area contributed by atoms with Crippen molar-refractivity contribution in [1.82, 2.24) is 4.90 Å². The Morgan fingerprint density at radius 3 is 2.36 bits per heavy atom. The molecule has 2 atom stereocenters. The number of aliphatic hydroxyl groups excluding tert-OH is 1. The summed E-state index contributed by atoms with van der Waals surface area (Å²) in [5.41, 5.74) is -0.539. The van der Waals surface area contributed by atoms with Crippen LogP contribution in [-0.2, 0) is 4.74 Å². The first-order valence-corrected chi connectivity index (χ1v) is 8.11. The molecule has 1 saturated heterocycles. The van der Waals surface area contributed by atoms with E-state index >= 15 is 0 Å². The number of amides is 1. The summed E-state index contributed by atoms with van der Waals surface area (Å²) in [6.07, 6.45) is 0.164. The molecule has 4 nitrogen and oxygen atoms in total. The van der Waals surface area contributed by atoms with E-state index in [4.69, 9.17) is 4.74 Å². The van der Waals surface area contributed by atoms with E-state index in [-0.39, 0.29) is 30.8 Å². The predicted octanol–water partition coefficient (Wildman–Crippen LogP) is 3.43. The first-order chi connectivity index (χ1) is 10.1. The van der Waals surface area contributed by atoms with Gasteiger partial charge in [-0.05, 0) is 46.0 Å². The Labute approximate surface area is 130 Å². The first-order valence-electron chi connectivity index (χ1n) is 8.11. The molecular weight excluding hydrogens is 292 g/mol. The second-order valence-corrected chi connectivity index (χ2v) is 7.66. The van der Waals surface area contributed by atoms with Crippen LogP contribution in [0.15, 0.2) is 0 Å². The number of halogens is 2. The second-order valence-electron chi connectivity index (χ2n) is 7.66. The van der Waals surface area contributed by atoms with Crippen molar-refractivity contribution in [3.05, 3.63) is 0 Å². The number of ether oxygens (including phenoxy) is 1. The molecule has 1 amide bonds. The van der Waals surface area contributed by atoms with Crippen molar-refractivity contribution in [2.24, 2.45) is 11.8 Å². The maximum absolute atomic E-state index is 13.2. The maximum atomic E-state index is 13.2. The molecule has 0 aromatic carbocycles. The number of carbonyl (C=O) groups excluding carboxylic acids is 1. The zero-order chi connectivity index (χ0) is 16.5. The van der Waals surface area contributed by atoms with E-state index in [1.807, 2.05) is 20.8 Å². The summed E-state index contributed by atoms with van der Waals surface area (Å²) in [7, 11) is 0. The fraction of sp³-hybridized carbons (Fsp3) is 0.938. The number of carbonyl (C=O) groups is 1. The lowest BCUT2D eigenvalue weighted by Gasteiger charge is -2.33.